The van der Waals surface area contributed by atoms with Crippen LogP contribution in [0.1, 0.15) is 74.7 Å². The van der Waals surface area contributed by atoms with Crippen molar-refractivity contribution >= 4 is 16.9 Å². The van der Waals surface area contributed by atoms with Gasteiger partial charge in [0.1, 0.15) is 0 Å². The van der Waals surface area contributed by atoms with Crippen LogP contribution >= 0.6 is 0 Å². The van der Waals surface area contributed by atoms with Gasteiger partial charge in [0, 0.05) is 18.4 Å². The molecule has 1 atom stereocenters. The highest BCUT2D eigenvalue weighted by Crippen LogP contribution is 2.46. The summed E-state index contributed by atoms with van der Waals surface area (Å²) < 4.78 is 3.54. The van der Waals surface area contributed by atoms with Gasteiger partial charge in [0.05, 0.1) is 35.1 Å². The van der Waals surface area contributed by atoms with Crippen LogP contribution in [0.2, 0.25) is 0 Å². The number of carbonyl (C=O) groups is 1. The first kappa shape index (κ1) is 22.6. The molecule has 0 saturated heterocycles. The Kier molecular flexibility index (Phi) is 5.24. The Morgan fingerprint density at radius 1 is 1.08 bits per heavy atom. The van der Waals surface area contributed by atoms with Gasteiger partial charge in [0.25, 0.3) is 11.5 Å². The van der Waals surface area contributed by atoms with Crippen LogP contribution in [0.4, 0.5) is 0 Å². The summed E-state index contributed by atoms with van der Waals surface area (Å²) in [5.41, 5.74) is 2.56. The zero-order valence-corrected chi connectivity index (χ0v) is 20.7. The summed E-state index contributed by atoms with van der Waals surface area (Å²) in [6.07, 6.45) is 10.7. The van der Waals surface area contributed by atoms with Crippen LogP contribution in [-0.4, -0.2) is 35.2 Å². The minimum atomic E-state index is -0.442. The standard InChI is InChI=1S/C27H29N7O2/c1-16(2)33-15-28-14-22(26(33)36)19-6-8-21(9-7-19)27(10-11-27)32-25(35)23-29-12-20-13-30-34(24(20)31-23)17(3)18-4-5-18/h6-9,12-18H,4-5,10-11H2,1-3H3,(H,32,35)/t17-/m0/s1. The summed E-state index contributed by atoms with van der Waals surface area (Å²) >= 11 is 0. The van der Waals surface area contributed by atoms with E-state index in [-0.39, 0.29) is 29.4 Å². The second kappa shape index (κ2) is 8.36. The zero-order chi connectivity index (χ0) is 25.0. The van der Waals surface area contributed by atoms with Crippen molar-refractivity contribution in [1.29, 1.82) is 0 Å². The molecule has 1 aromatic carbocycles. The first-order chi connectivity index (χ1) is 17.4. The Hall–Kier alpha value is -3.88. The second-order valence-electron chi connectivity index (χ2n) is 10.4. The van der Waals surface area contributed by atoms with Gasteiger partial charge >= 0.3 is 0 Å². The quantitative estimate of drug-likeness (QED) is 0.425. The van der Waals surface area contributed by atoms with Crippen LogP contribution in [0, 0.1) is 5.92 Å². The predicted molar refractivity (Wildman–Crippen MR) is 135 cm³/mol. The van der Waals surface area contributed by atoms with E-state index in [9.17, 15) is 9.59 Å². The molecule has 1 N–H and O–H groups in total. The summed E-state index contributed by atoms with van der Waals surface area (Å²) in [5, 5.41) is 8.50. The smallest absolute Gasteiger partial charge is 0.289 e. The molecule has 4 aromatic rings. The SMILES string of the molecule is CC(C)n1cncc(-c2ccc(C3(NC(=O)c4ncc5cnn([C@@H](C)C6CC6)c5n4)CC3)cc2)c1=O. The van der Waals surface area contributed by atoms with Crippen LogP contribution in [0.15, 0.2) is 54.0 Å². The van der Waals surface area contributed by atoms with E-state index >= 15 is 0 Å². The van der Waals surface area contributed by atoms with Gasteiger partial charge in [-0.2, -0.15) is 5.10 Å². The van der Waals surface area contributed by atoms with Crippen molar-refractivity contribution in [2.45, 2.75) is 64.1 Å². The van der Waals surface area contributed by atoms with Crippen molar-refractivity contribution in [3.63, 3.8) is 0 Å². The molecule has 2 aliphatic rings. The van der Waals surface area contributed by atoms with Crippen LogP contribution in [-0.2, 0) is 5.54 Å². The molecule has 0 unspecified atom stereocenters. The third kappa shape index (κ3) is 3.88. The van der Waals surface area contributed by atoms with Crippen molar-refractivity contribution in [2.75, 3.05) is 0 Å². The van der Waals surface area contributed by atoms with Crippen molar-refractivity contribution in [2.24, 2.45) is 5.92 Å². The molecule has 2 aliphatic carbocycles. The third-order valence-electron chi connectivity index (χ3n) is 7.49. The second-order valence-corrected chi connectivity index (χ2v) is 10.4. The van der Waals surface area contributed by atoms with Gasteiger partial charge < -0.3 is 5.32 Å². The highest BCUT2D eigenvalue weighted by molar-refractivity contribution is 5.93. The molecule has 3 aromatic heterocycles. The summed E-state index contributed by atoms with van der Waals surface area (Å²) in [7, 11) is 0. The topological polar surface area (TPSA) is 108 Å². The molecular formula is C27H29N7O2. The average Bonchev–Trinajstić information content (AvgIpc) is 3.81. The van der Waals surface area contributed by atoms with Gasteiger partial charge in [0.2, 0.25) is 5.82 Å². The van der Waals surface area contributed by atoms with E-state index in [1.807, 2.05) is 42.8 Å². The molecule has 9 nitrogen and oxygen atoms in total. The molecule has 0 radical (unpaired) electrons. The van der Waals surface area contributed by atoms with E-state index < -0.39 is 5.54 Å². The number of hydrogen-bond acceptors (Lipinski definition) is 6. The maximum absolute atomic E-state index is 13.2. The summed E-state index contributed by atoms with van der Waals surface area (Å²) in [4.78, 5) is 39.2. The lowest BCUT2D eigenvalue weighted by atomic mass is 10.0. The third-order valence-corrected chi connectivity index (χ3v) is 7.49. The molecule has 9 heteroatoms. The van der Waals surface area contributed by atoms with E-state index in [1.54, 1.807) is 29.5 Å². The summed E-state index contributed by atoms with van der Waals surface area (Å²) in [6, 6.07) is 8.09. The Balaban J connectivity index is 1.23. The Bertz CT molecular complexity index is 1510. The monoisotopic (exact) mass is 483 g/mol. The normalized spacial score (nSPS) is 17.3. The number of aromatic nitrogens is 6. The molecule has 184 valence electrons. The van der Waals surface area contributed by atoms with Crippen LogP contribution < -0.4 is 10.9 Å². The Labute approximate surface area is 208 Å². The molecule has 1 amide bonds. The van der Waals surface area contributed by atoms with E-state index in [0.717, 1.165) is 29.4 Å². The summed E-state index contributed by atoms with van der Waals surface area (Å²) in [6.45, 7) is 6.06. The molecule has 0 spiro atoms. The lowest BCUT2D eigenvalue weighted by molar-refractivity contribution is 0.0920. The van der Waals surface area contributed by atoms with E-state index in [4.69, 9.17) is 0 Å². The summed E-state index contributed by atoms with van der Waals surface area (Å²) in [5.74, 6) is 0.482. The molecule has 3 heterocycles. The minimum Gasteiger partial charge on any atom is -0.340 e. The number of hydrogen-bond donors (Lipinski definition) is 1. The Morgan fingerprint density at radius 3 is 2.50 bits per heavy atom. The number of benzene rings is 1. The van der Waals surface area contributed by atoms with E-state index in [2.05, 4.69) is 32.3 Å². The molecule has 2 fully saturated rings. The molecule has 36 heavy (non-hydrogen) atoms. The maximum Gasteiger partial charge on any atom is 0.289 e. The highest BCUT2D eigenvalue weighted by atomic mass is 16.2. The van der Waals surface area contributed by atoms with E-state index in [1.165, 1.54) is 12.8 Å². The van der Waals surface area contributed by atoms with Crippen LogP contribution in [0.5, 0.6) is 0 Å². The molecular weight excluding hydrogens is 454 g/mol. The zero-order valence-electron chi connectivity index (χ0n) is 20.7. The van der Waals surface area contributed by atoms with E-state index in [0.29, 0.717) is 17.1 Å². The van der Waals surface area contributed by atoms with Crippen molar-refractivity contribution in [1.82, 2.24) is 34.6 Å². The fraction of sp³-hybridized carbons (Fsp3) is 0.407. The molecule has 0 aliphatic heterocycles. The van der Waals surface area contributed by atoms with Gasteiger partial charge in [0.15, 0.2) is 5.65 Å². The highest BCUT2D eigenvalue weighted by Gasteiger charge is 2.46. The van der Waals surface area contributed by atoms with Crippen molar-refractivity contribution in [3.8, 4) is 11.1 Å². The van der Waals surface area contributed by atoms with Gasteiger partial charge in [-0.15, -0.1) is 0 Å². The predicted octanol–water partition coefficient (Wildman–Crippen LogP) is 4.02. The molecule has 0 bridgehead atoms. The number of nitrogens with zero attached hydrogens (tertiary/aromatic N) is 6. The number of rotatable bonds is 7. The number of nitrogens with one attached hydrogen (secondary N) is 1. The lowest BCUT2D eigenvalue weighted by Crippen LogP contribution is -2.36. The van der Waals surface area contributed by atoms with Gasteiger partial charge in [-0.3, -0.25) is 14.2 Å². The number of amides is 1. The Morgan fingerprint density at radius 2 is 1.83 bits per heavy atom. The van der Waals surface area contributed by atoms with Gasteiger partial charge in [-0.05, 0) is 63.5 Å². The average molecular weight is 484 g/mol. The fourth-order valence-corrected chi connectivity index (χ4v) is 4.87. The fourth-order valence-electron chi connectivity index (χ4n) is 4.87. The minimum absolute atomic E-state index is 0.0335. The molecule has 6 rings (SSSR count). The largest absolute Gasteiger partial charge is 0.340 e. The van der Waals surface area contributed by atoms with Crippen LogP contribution in [0.25, 0.3) is 22.2 Å². The van der Waals surface area contributed by atoms with Crippen molar-refractivity contribution in [3.05, 3.63) is 70.9 Å². The van der Waals surface area contributed by atoms with Crippen LogP contribution in [0.3, 0.4) is 0 Å². The van der Waals surface area contributed by atoms with Gasteiger partial charge in [-0.1, -0.05) is 24.3 Å². The maximum atomic E-state index is 13.2. The number of fused-ring (bicyclic) bond motifs is 1. The first-order valence-electron chi connectivity index (χ1n) is 12.6. The lowest BCUT2D eigenvalue weighted by Gasteiger charge is -2.18. The molecule has 2 saturated carbocycles. The van der Waals surface area contributed by atoms with Gasteiger partial charge in [-0.25, -0.2) is 19.6 Å². The van der Waals surface area contributed by atoms with Crippen molar-refractivity contribution < 1.29 is 4.79 Å². The first-order valence-corrected chi connectivity index (χ1v) is 12.6. The number of carbonyl (C=O) groups excluding carboxylic acids is 1.